The standard InChI is InChI=1S/C15H19ClN4O/c1-11-3-2-4-15(7-11,10-16)19-14(21)12-8-18-20-6-5-17-9-13(12)20/h5-6,8-9,11H,2-4,7,10H2,1H3,(H,19,21). The summed E-state index contributed by atoms with van der Waals surface area (Å²) in [5.41, 5.74) is 0.960. The van der Waals surface area contributed by atoms with E-state index in [0.29, 0.717) is 22.9 Å². The van der Waals surface area contributed by atoms with Crippen molar-refractivity contribution < 1.29 is 4.79 Å². The molecule has 1 fully saturated rings. The van der Waals surface area contributed by atoms with Gasteiger partial charge in [-0.05, 0) is 18.8 Å². The number of aromatic nitrogens is 3. The molecule has 1 amide bonds. The van der Waals surface area contributed by atoms with Crippen LogP contribution in [0.5, 0.6) is 0 Å². The van der Waals surface area contributed by atoms with Crippen molar-refractivity contribution in [3.63, 3.8) is 0 Å². The molecule has 112 valence electrons. The lowest BCUT2D eigenvalue weighted by Crippen LogP contribution is -2.52. The summed E-state index contributed by atoms with van der Waals surface area (Å²) in [6.45, 7) is 2.21. The van der Waals surface area contributed by atoms with E-state index in [9.17, 15) is 4.79 Å². The van der Waals surface area contributed by atoms with Gasteiger partial charge in [-0.1, -0.05) is 19.8 Å². The van der Waals surface area contributed by atoms with Crippen LogP contribution >= 0.6 is 11.6 Å². The number of hydrogen-bond acceptors (Lipinski definition) is 3. The Morgan fingerprint density at radius 2 is 2.43 bits per heavy atom. The number of nitrogens with one attached hydrogen (secondary N) is 1. The van der Waals surface area contributed by atoms with E-state index in [1.54, 1.807) is 29.3 Å². The molecule has 0 aromatic carbocycles. The highest BCUT2D eigenvalue weighted by Crippen LogP contribution is 2.33. The molecule has 2 aromatic rings. The third kappa shape index (κ3) is 2.75. The van der Waals surface area contributed by atoms with Gasteiger partial charge in [-0.15, -0.1) is 11.6 Å². The Morgan fingerprint density at radius 1 is 1.57 bits per heavy atom. The number of amides is 1. The molecule has 0 bridgehead atoms. The van der Waals surface area contributed by atoms with Crippen LogP contribution in [0.3, 0.4) is 0 Å². The predicted octanol–water partition coefficient (Wildman–Crippen LogP) is 2.65. The first-order chi connectivity index (χ1) is 10.1. The number of carbonyl (C=O) groups excluding carboxylic acids is 1. The van der Waals surface area contributed by atoms with E-state index in [1.807, 2.05) is 0 Å². The van der Waals surface area contributed by atoms with Crippen LogP contribution in [0.2, 0.25) is 0 Å². The summed E-state index contributed by atoms with van der Waals surface area (Å²) < 4.78 is 1.65. The average molecular weight is 307 g/mol. The van der Waals surface area contributed by atoms with Crippen molar-refractivity contribution in [2.75, 3.05) is 5.88 Å². The fraction of sp³-hybridized carbons (Fsp3) is 0.533. The van der Waals surface area contributed by atoms with Crippen molar-refractivity contribution in [3.8, 4) is 0 Å². The number of rotatable bonds is 3. The second-order valence-corrected chi connectivity index (χ2v) is 6.30. The number of alkyl halides is 1. The second kappa shape index (κ2) is 5.64. The maximum Gasteiger partial charge on any atom is 0.255 e. The summed E-state index contributed by atoms with van der Waals surface area (Å²) >= 11 is 6.18. The summed E-state index contributed by atoms with van der Waals surface area (Å²) in [6.07, 6.45) is 10.8. The van der Waals surface area contributed by atoms with E-state index < -0.39 is 0 Å². The molecule has 0 radical (unpaired) electrons. The first-order valence-electron chi connectivity index (χ1n) is 7.29. The normalized spacial score (nSPS) is 25.9. The lowest BCUT2D eigenvalue weighted by molar-refractivity contribution is 0.0869. The van der Waals surface area contributed by atoms with Gasteiger partial charge in [-0.25, -0.2) is 4.52 Å². The smallest absolute Gasteiger partial charge is 0.255 e. The Labute approximate surface area is 128 Å². The maximum atomic E-state index is 12.6. The molecule has 2 heterocycles. The van der Waals surface area contributed by atoms with Crippen LogP contribution < -0.4 is 5.32 Å². The van der Waals surface area contributed by atoms with Crippen LogP contribution in [-0.4, -0.2) is 31.9 Å². The Morgan fingerprint density at radius 3 is 3.19 bits per heavy atom. The van der Waals surface area contributed by atoms with Gasteiger partial charge in [-0.2, -0.15) is 5.10 Å². The third-order valence-corrected chi connectivity index (χ3v) is 4.81. The van der Waals surface area contributed by atoms with Gasteiger partial charge in [0.25, 0.3) is 5.91 Å². The molecule has 5 nitrogen and oxygen atoms in total. The molecule has 1 aliphatic carbocycles. The van der Waals surface area contributed by atoms with Crippen molar-refractivity contribution in [1.82, 2.24) is 19.9 Å². The first-order valence-corrected chi connectivity index (χ1v) is 7.83. The van der Waals surface area contributed by atoms with E-state index in [-0.39, 0.29) is 11.4 Å². The van der Waals surface area contributed by atoms with Crippen LogP contribution in [0.15, 0.2) is 24.8 Å². The van der Waals surface area contributed by atoms with Crippen LogP contribution in [0.25, 0.3) is 5.52 Å². The minimum absolute atomic E-state index is 0.118. The minimum atomic E-state index is -0.299. The van der Waals surface area contributed by atoms with Crippen molar-refractivity contribution in [2.45, 2.75) is 38.1 Å². The van der Waals surface area contributed by atoms with Gasteiger partial charge in [-0.3, -0.25) is 9.78 Å². The summed E-state index contributed by atoms with van der Waals surface area (Å²) in [5.74, 6) is 0.914. The van der Waals surface area contributed by atoms with Gasteiger partial charge in [0.15, 0.2) is 0 Å². The maximum absolute atomic E-state index is 12.6. The van der Waals surface area contributed by atoms with Crippen molar-refractivity contribution in [1.29, 1.82) is 0 Å². The largest absolute Gasteiger partial charge is 0.345 e. The SMILES string of the molecule is CC1CCCC(CCl)(NC(=O)c2cnn3ccncc23)C1. The summed E-state index contributed by atoms with van der Waals surface area (Å²) in [5, 5.41) is 7.33. The Hall–Kier alpha value is -1.62. The lowest BCUT2D eigenvalue weighted by Gasteiger charge is -2.39. The van der Waals surface area contributed by atoms with E-state index in [2.05, 4.69) is 22.3 Å². The molecule has 2 atom stereocenters. The topological polar surface area (TPSA) is 59.3 Å². The molecule has 6 heteroatoms. The average Bonchev–Trinajstić information content (AvgIpc) is 2.91. The van der Waals surface area contributed by atoms with Crippen molar-refractivity contribution in [3.05, 3.63) is 30.4 Å². The molecular weight excluding hydrogens is 288 g/mol. The molecule has 1 saturated carbocycles. The summed E-state index contributed by atoms with van der Waals surface area (Å²) in [6, 6.07) is 0. The number of nitrogens with zero attached hydrogens (tertiary/aromatic N) is 3. The quantitative estimate of drug-likeness (QED) is 0.887. The molecule has 0 saturated heterocycles. The Kier molecular flexibility index (Phi) is 3.85. The highest BCUT2D eigenvalue weighted by atomic mass is 35.5. The van der Waals surface area contributed by atoms with Crippen LogP contribution in [0, 0.1) is 5.92 Å². The van der Waals surface area contributed by atoms with Gasteiger partial charge in [0.2, 0.25) is 0 Å². The summed E-state index contributed by atoms with van der Waals surface area (Å²) in [7, 11) is 0. The molecule has 2 aromatic heterocycles. The van der Waals surface area contributed by atoms with E-state index >= 15 is 0 Å². The zero-order valence-corrected chi connectivity index (χ0v) is 12.8. The molecule has 0 spiro atoms. The second-order valence-electron chi connectivity index (χ2n) is 6.03. The molecule has 0 aliphatic heterocycles. The zero-order chi connectivity index (χ0) is 14.9. The molecule has 21 heavy (non-hydrogen) atoms. The van der Waals surface area contributed by atoms with Crippen LogP contribution in [0.1, 0.15) is 43.0 Å². The number of halogens is 1. The van der Waals surface area contributed by atoms with Crippen LogP contribution in [-0.2, 0) is 0 Å². The molecule has 1 N–H and O–H groups in total. The van der Waals surface area contributed by atoms with Crippen LogP contribution in [0.4, 0.5) is 0 Å². The number of fused-ring (bicyclic) bond motifs is 1. The third-order valence-electron chi connectivity index (χ3n) is 4.30. The molecule has 1 aliphatic rings. The predicted molar refractivity (Wildman–Crippen MR) is 81.5 cm³/mol. The highest BCUT2D eigenvalue weighted by molar-refractivity contribution is 6.19. The number of hydrogen-bond donors (Lipinski definition) is 1. The van der Waals surface area contributed by atoms with Gasteiger partial charge in [0, 0.05) is 18.3 Å². The van der Waals surface area contributed by atoms with E-state index in [1.165, 1.54) is 6.42 Å². The summed E-state index contributed by atoms with van der Waals surface area (Å²) in [4.78, 5) is 16.7. The van der Waals surface area contributed by atoms with Gasteiger partial charge in [0.1, 0.15) is 0 Å². The monoisotopic (exact) mass is 306 g/mol. The highest BCUT2D eigenvalue weighted by Gasteiger charge is 2.36. The zero-order valence-electron chi connectivity index (χ0n) is 12.1. The van der Waals surface area contributed by atoms with Gasteiger partial charge < -0.3 is 5.32 Å². The van der Waals surface area contributed by atoms with E-state index in [0.717, 1.165) is 19.3 Å². The first kappa shape index (κ1) is 14.3. The van der Waals surface area contributed by atoms with Gasteiger partial charge >= 0.3 is 0 Å². The minimum Gasteiger partial charge on any atom is -0.345 e. The van der Waals surface area contributed by atoms with E-state index in [4.69, 9.17) is 11.6 Å². The van der Waals surface area contributed by atoms with Crippen molar-refractivity contribution in [2.24, 2.45) is 5.92 Å². The lowest BCUT2D eigenvalue weighted by atomic mass is 9.77. The molecule has 3 rings (SSSR count). The fourth-order valence-electron chi connectivity index (χ4n) is 3.25. The Bertz CT molecular complexity index is 656. The number of carbonyl (C=O) groups is 1. The fourth-order valence-corrected chi connectivity index (χ4v) is 3.56. The molecular formula is C15H19ClN4O. The Balaban J connectivity index is 1.85. The van der Waals surface area contributed by atoms with Crippen molar-refractivity contribution >= 4 is 23.0 Å². The molecule has 2 unspecified atom stereocenters. The van der Waals surface area contributed by atoms with Gasteiger partial charge in [0.05, 0.1) is 29.0 Å².